The van der Waals surface area contributed by atoms with Gasteiger partial charge in [0.2, 0.25) is 0 Å². The molecule has 0 atom stereocenters. The van der Waals surface area contributed by atoms with Crippen molar-refractivity contribution in [1.29, 1.82) is 0 Å². The fourth-order valence-corrected chi connectivity index (χ4v) is 2.99. The molecule has 0 aliphatic rings. The molecule has 0 radical (unpaired) electrons. The fraction of sp³-hybridized carbons (Fsp3) is 0.125. The van der Waals surface area contributed by atoms with E-state index in [0.717, 1.165) is 21.3 Å². The highest BCUT2D eigenvalue weighted by Gasteiger charge is 2.14. The van der Waals surface area contributed by atoms with Crippen molar-refractivity contribution in [2.75, 3.05) is 6.61 Å². The molecule has 0 amide bonds. The molecule has 0 saturated carbocycles. The summed E-state index contributed by atoms with van der Waals surface area (Å²) in [7, 11) is 0. The van der Waals surface area contributed by atoms with Crippen molar-refractivity contribution in [2.45, 2.75) is 6.92 Å². The van der Waals surface area contributed by atoms with Gasteiger partial charge in [-0.05, 0) is 24.4 Å². The molecule has 21 heavy (non-hydrogen) atoms. The van der Waals surface area contributed by atoms with Crippen molar-refractivity contribution in [2.24, 2.45) is 0 Å². The molecule has 0 spiro atoms. The van der Waals surface area contributed by atoms with Gasteiger partial charge < -0.3 is 9.84 Å². The van der Waals surface area contributed by atoms with E-state index >= 15 is 0 Å². The summed E-state index contributed by atoms with van der Waals surface area (Å²) < 4.78 is 4.95. The average molecular weight is 299 g/mol. The molecule has 0 saturated heterocycles. The second-order valence-electron chi connectivity index (χ2n) is 4.44. The Hall–Kier alpha value is -2.40. The number of fused-ring (bicyclic) bond motifs is 1. The van der Waals surface area contributed by atoms with Crippen LogP contribution in [0.1, 0.15) is 17.4 Å². The van der Waals surface area contributed by atoms with E-state index < -0.39 is 5.97 Å². The molecule has 3 aromatic rings. The Kier molecular flexibility index (Phi) is 3.58. The van der Waals surface area contributed by atoms with Crippen molar-refractivity contribution >= 4 is 28.1 Å². The first-order chi connectivity index (χ1) is 10.2. The molecule has 1 aromatic heterocycles. The van der Waals surface area contributed by atoms with Crippen LogP contribution < -0.4 is 0 Å². The van der Waals surface area contributed by atoms with E-state index in [2.05, 4.69) is 4.98 Å². The zero-order chi connectivity index (χ0) is 14.8. The molecule has 2 aromatic carbocycles. The van der Waals surface area contributed by atoms with Crippen LogP contribution in [-0.4, -0.2) is 22.7 Å². The van der Waals surface area contributed by atoms with E-state index in [9.17, 15) is 9.90 Å². The number of phenols is 1. The molecular weight excluding hydrogens is 286 g/mol. The van der Waals surface area contributed by atoms with Gasteiger partial charge >= 0.3 is 5.97 Å². The van der Waals surface area contributed by atoms with Crippen LogP contribution >= 0.6 is 11.3 Å². The maximum Gasteiger partial charge on any atom is 0.357 e. The number of nitrogens with zero attached hydrogens (tertiary/aromatic N) is 1. The summed E-state index contributed by atoms with van der Waals surface area (Å²) in [6.07, 6.45) is 0. The number of hydrogen-bond acceptors (Lipinski definition) is 5. The number of thiazole rings is 1. The predicted octanol–water partition coefficient (Wildman–Crippen LogP) is 3.85. The summed E-state index contributed by atoms with van der Waals surface area (Å²) >= 11 is 1.38. The van der Waals surface area contributed by atoms with Gasteiger partial charge in [0.05, 0.1) is 6.61 Å². The second kappa shape index (κ2) is 5.54. The van der Waals surface area contributed by atoms with E-state index in [0.29, 0.717) is 12.3 Å². The second-order valence-corrected chi connectivity index (χ2v) is 5.29. The molecule has 0 fully saturated rings. The molecule has 0 aliphatic carbocycles. The smallest absolute Gasteiger partial charge is 0.357 e. The monoisotopic (exact) mass is 299 g/mol. The minimum absolute atomic E-state index is 0.233. The highest BCUT2D eigenvalue weighted by Crippen LogP contribution is 2.35. The Balaban J connectivity index is 2.09. The predicted molar refractivity (Wildman–Crippen MR) is 82.7 cm³/mol. The Bertz CT molecular complexity index is 810. The molecule has 106 valence electrons. The molecule has 4 nitrogen and oxygen atoms in total. The molecule has 0 bridgehead atoms. The molecule has 0 aliphatic heterocycles. The normalized spacial score (nSPS) is 10.7. The van der Waals surface area contributed by atoms with E-state index in [1.165, 1.54) is 11.3 Å². The number of phenolic OH excluding ortho intramolecular Hbond substituents is 1. The lowest BCUT2D eigenvalue weighted by Gasteiger charge is -2.05. The van der Waals surface area contributed by atoms with Crippen molar-refractivity contribution < 1.29 is 14.6 Å². The Morgan fingerprint density at radius 2 is 2.00 bits per heavy atom. The lowest BCUT2D eigenvalue weighted by Crippen LogP contribution is -2.04. The lowest BCUT2D eigenvalue weighted by atomic mass is 10.0. The van der Waals surface area contributed by atoms with Crippen molar-refractivity contribution in [1.82, 2.24) is 4.98 Å². The van der Waals surface area contributed by atoms with Gasteiger partial charge in [-0.15, -0.1) is 11.3 Å². The number of carbonyl (C=O) groups excluding carboxylic acids is 1. The van der Waals surface area contributed by atoms with Gasteiger partial charge in [0.25, 0.3) is 0 Å². The molecule has 0 unspecified atom stereocenters. The minimum Gasteiger partial charge on any atom is -0.507 e. The summed E-state index contributed by atoms with van der Waals surface area (Å²) in [6, 6.07) is 11.0. The molecule has 3 rings (SSSR count). The number of esters is 1. The zero-order valence-electron chi connectivity index (χ0n) is 11.4. The third kappa shape index (κ3) is 2.48. The van der Waals surface area contributed by atoms with E-state index in [1.807, 2.05) is 30.3 Å². The van der Waals surface area contributed by atoms with Crippen LogP contribution in [0.4, 0.5) is 0 Å². The number of carbonyl (C=O) groups is 1. The lowest BCUT2D eigenvalue weighted by molar-refractivity contribution is 0.0520. The minimum atomic E-state index is -0.414. The zero-order valence-corrected chi connectivity index (χ0v) is 12.2. The van der Waals surface area contributed by atoms with Crippen LogP contribution in [0.2, 0.25) is 0 Å². The van der Waals surface area contributed by atoms with Crippen molar-refractivity contribution in [3.63, 3.8) is 0 Å². The van der Waals surface area contributed by atoms with Gasteiger partial charge in [-0.25, -0.2) is 9.78 Å². The number of aromatic hydroxyl groups is 1. The third-order valence-corrected chi connectivity index (χ3v) is 4.00. The number of benzene rings is 2. The quantitative estimate of drug-likeness (QED) is 0.746. The fourth-order valence-electron chi connectivity index (χ4n) is 2.17. The van der Waals surface area contributed by atoms with Crippen molar-refractivity contribution in [3.05, 3.63) is 47.5 Å². The molecule has 5 heteroatoms. The highest BCUT2D eigenvalue weighted by atomic mass is 32.1. The summed E-state index contributed by atoms with van der Waals surface area (Å²) in [4.78, 5) is 16.0. The van der Waals surface area contributed by atoms with Gasteiger partial charge in [-0.1, -0.05) is 24.3 Å². The number of rotatable bonds is 3. The van der Waals surface area contributed by atoms with Gasteiger partial charge in [-0.2, -0.15) is 0 Å². The molecule has 1 heterocycles. The van der Waals surface area contributed by atoms with Gasteiger partial charge in [0.15, 0.2) is 5.69 Å². The summed E-state index contributed by atoms with van der Waals surface area (Å²) in [6.45, 7) is 2.09. The maximum atomic E-state index is 11.7. The number of hydrogen-bond donors (Lipinski definition) is 1. The van der Waals surface area contributed by atoms with E-state index in [4.69, 9.17) is 4.74 Å². The SMILES string of the molecule is CCOC(=O)c1csc(-c2ccc(O)c3ccccc23)n1. The maximum absolute atomic E-state index is 11.7. The largest absolute Gasteiger partial charge is 0.507 e. The Labute approximate surface area is 125 Å². The van der Waals surface area contributed by atoms with E-state index in [1.54, 1.807) is 18.4 Å². The first-order valence-electron chi connectivity index (χ1n) is 6.54. The van der Waals surface area contributed by atoms with Crippen molar-refractivity contribution in [3.8, 4) is 16.3 Å². The summed E-state index contributed by atoms with van der Waals surface area (Å²) in [5.74, 6) is -0.181. The summed E-state index contributed by atoms with van der Waals surface area (Å²) in [5.41, 5.74) is 1.21. The standard InChI is InChI=1S/C16H13NO3S/c1-2-20-16(19)13-9-21-15(17-13)12-7-8-14(18)11-6-4-3-5-10(11)12/h3-9,18H,2H2,1H3. The van der Waals surface area contributed by atoms with Gasteiger partial charge in [0, 0.05) is 16.3 Å². The Morgan fingerprint density at radius 1 is 1.24 bits per heavy atom. The molecular formula is C16H13NO3S. The van der Waals surface area contributed by atoms with E-state index in [-0.39, 0.29) is 5.75 Å². The van der Waals surface area contributed by atoms with Crippen LogP contribution in [0.15, 0.2) is 41.8 Å². The first kappa shape index (κ1) is 13.6. The highest BCUT2D eigenvalue weighted by molar-refractivity contribution is 7.13. The van der Waals surface area contributed by atoms with Crippen LogP contribution in [0.3, 0.4) is 0 Å². The van der Waals surface area contributed by atoms with Crippen LogP contribution in [-0.2, 0) is 4.74 Å². The molecule has 1 N–H and O–H groups in total. The van der Waals surface area contributed by atoms with Crippen LogP contribution in [0, 0.1) is 0 Å². The first-order valence-corrected chi connectivity index (χ1v) is 7.42. The summed E-state index contributed by atoms with van der Waals surface area (Å²) in [5, 5.41) is 14.0. The van der Waals surface area contributed by atoms with Crippen LogP contribution in [0.25, 0.3) is 21.3 Å². The average Bonchev–Trinajstić information content (AvgIpc) is 2.98. The van der Waals surface area contributed by atoms with Gasteiger partial charge in [-0.3, -0.25) is 0 Å². The third-order valence-electron chi connectivity index (χ3n) is 3.12. The number of ether oxygens (including phenoxy) is 1. The van der Waals surface area contributed by atoms with Crippen LogP contribution in [0.5, 0.6) is 5.75 Å². The van der Waals surface area contributed by atoms with Gasteiger partial charge in [0.1, 0.15) is 10.8 Å². The number of aromatic nitrogens is 1. The topological polar surface area (TPSA) is 59.4 Å². The Morgan fingerprint density at radius 3 is 2.76 bits per heavy atom.